The van der Waals surface area contributed by atoms with Gasteiger partial charge in [0, 0.05) is 42.2 Å². The normalized spacial score (nSPS) is 11.0. The van der Waals surface area contributed by atoms with Crippen molar-refractivity contribution >= 4 is 28.4 Å². The Hall–Kier alpha value is -2.37. The largest absolute Gasteiger partial charge is 0.383 e. The molecule has 0 saturated heterocycles. The Morgan fingerprint density at radius 3 is 2.96 bits per heavy atom. The van der Waals surface area contributed by atoms with Gasteiger partial charge in [0.25, 0.3) is 0 Å². The van der Waals surface area contributed by atoms with Crippen LogP contribution >= 0.6 is 11.6 Å². The summed E-state index contributed by atoms with van der Waals surface area (Å²) in [5.41, 5.74) is 4.04. The number of aromatic amines is 1. The summed E-state index contributed by atoms with van der Waals surface area (Å²) in [5, 5.41) is 4.63. The molecular formula is C20H22ClN3O2. The van der Waals surface area contributed by atoms with Crippen LogP contribution in [0, 0.1) is 0 Å². The summed E-state index contributed by atoms with van der Waals surface area (Å²) >= 11 is 6.20. The van der Waals surface area contributed by atoms with Crippen molar-refractivity contribution in [2.45, 2.75) is 19.3 Å². The van der Waals surface area contributed by atoms with Crippen molar-refractivity contribution in [3.8, 4) is 11.4 Å². The van der Waals surface area contributed by atoms with E-state index < -0.39 is 0 Å². The van der Waals surface area contributed by atoms with Crippen molar-refractivity contribution in [2.75, 3.05) is 20.3 Å². The summed E-state index contributed by atoms with van der Waals surface area (Å²) in [5.74, 6) is 0.0410. The van der Waals surface area contributed by atoms with E-state index >= 15 is 0 Å². The molecule has 26 heavy (non-hydrogen) atoms. The zero-order valence-electron chi connectivity index (χ0n) is 14.7. The van der Waals surface area contributed by atoms with Gasteiger partial charge >= 0.3 is 0 Å². The molecule has 0 unspecified atom stereocenters. The van der Waals surface area contributed by atoms with E-state index in [-0.39, 0.29) is 5.91 Å². The van der Waals surface area contributed by atoms with Crippen LogP contribution in [0.5, 0.6) is 0 Å². The zero-order chi connectivity index (χ0) is 18.4. The second kappa shape index (κ2) is 8.83. The molecule has 2 aromatic heterocycles. The summed E-state index contributed by atoms with van der Waals surface area (Å²) in [6.45, 7) is 1.06. The molecule has 1 aromatic carbocycles. The molecule has 1 amide bonds. The number of pyridine rings is 1. The highest BCUT2D eigenvalue weighted by atomic mass is 35.5. The number of hydrogen-bond acceptors (Lipinski definition) is 3. The Kier molecular flexibility index (Phi) is 6.26. The van der Waals surface area contributed by atoms with E-state index in [1.54, 1.807) is 13.3 Å². The maximum Gasteiger partial charge on any atom is 0.220 e. The van der Waals surface area contributed by atoms with E-state index in [1.165, 1.54) is 0 Å². The molecule has 3 aromatic rings. The SMILES string of the molecule is COCCNC(=O)CCCc1c(-c2ccccn2)[nH]c2ccc(Cl)cc12. The Morgan fingerprint density at radius 1 is 1.31 bits per heavy atom. The standard InChI is InChI=1S/C20H22ClN3O2/c1-26-12-11-23-19(25)7-4-5-15-16-13-14(21)8-9-17(16)24-20(15)18-6-2-3-10-22-18/h2-3,6,8-10,13,24H,4-5,7,11-12H2,1H3,(H,23,25). The molecule has 0 aliphatic rings. The van der Waals surface area contributed by atoms with Gasteiger partial charge in [-0.25, -0.2) is 0 Å². The van der Waals surface area contributed by atoms with Crippen LogP contribution in [0.2, 0.25) is 5.02 Å². The summed E-state index contributed by atoms with van der Waals surface area (Å²) in [6, 6.07) is 11.7. The van der Waals surface area contributed by atoms with Gasteiger partial charge in [-0.15, -0.1) is 0 Å². The molecule has 0 aliphatic heterocycles. The van der Waals surface area contributed by atoms with Gasteiger partial charge in [0.15, 0.2) is 0 Å². The quantitative estimate of drug-likeness (QED) is 0.589. The molecule has 6 heteroatoms. The van der Waals surface area contributed by atoms with Gasteiger partial charge in [-0.1, -0.05) is 17.7 Å². The number of carbonyl (C=O) groups excluding carboxylic acids is 1. The number of carbonyl (C=O) groups is 1. The molecule has 0 aliphatic carbocycles. The minimum atomic E-state index is 0.0410. The molecule has 0 bridgehead atoms. The second-order valence-electron chi connectivity index (χ2n) is 6.08. The highest BCUT2D eigenvalue weighted by Gasteiger charge is 2.14. The molecule has 5 nitrogen and oxygen atoms in total. The molecule has 2 N–H and O–H groups in total. The molecule has 0 fully saturated rings. The van der Waals surface area contributed by atoms with Crippen LogP contribution in [0.1, 0.15) is 18.4 Å². The highest BCUT2D eigenvalue weighted by molar-refractivity contribution is 6.31. The average Bonchev–Trinajstić information content (AvgIpc) is 3.01. The van der Waals surface area contributed by atoms with E-state index in [9.17, 15) is 4.79 Å². The van der Waals surface area contributed by atoms with Crippen LogP contribution in [0.25, 0.3) is 22.3 Å². The van der Waals surface area contributed by atoms with Gasteiger partial charge in [-0.2, -0.15) is 0 Å². The van der Waals surface area contributed by atoms with Gasteiger partial charge in [0.1, 0.15) is 0 Å². The van der Waals surface area contributed by atoms with E-state index in [2.05, 4.69) is 15.3 Å². The number of nitrogens with zero attached hydrogens (tertiary/aromatic N) is 1. The van der Waals surface area contributed by atoms with Crippen LogP contribution in [0.15, 0.2) is 42.6 Å². The number of rotatable bonds is 8. The van der Waals surface area contributed by atoms with Crippen LogP contribution < -0.4 is 5.32 Å². The topological polar surface area (TPSA) is 67.0 Å². The van der Waals surface area contributed by atoms with Crippen molar-refractivity contribution in [3.05, 3.63) is 53.2 Å². The van der Waals surface area contributed by atoms with E-state index in [4.69, 9.17) is 16.3 Å². The average molecular weight is 372 g/mol. The zero-order valence-corrected chi connectivity index (χ0v) is 15.5. The molecule has 0 saturated carbocycles. The number of ether oxygens (including phenoxy) is 1. The Labute approximate surface area is 157 Å². The highest BCUT2D eigenvalue weighted by Crippen LogP contribution is 2.32. The maximum absolute atomic E-state index is 11.9. The maximum atomic E-state index is 11.9. The molecule has 0 atom stereocenters. The number of benzene rings is 1. The second-order valence-corrected chi connectivity index (χ2v) is 6.52. The number of H-pyrrole nitrogens is 1. The number of hydrogen-bond donors (Lipinski definition) is 2. The molecule has 2 heterocycles. The van der Waals surface area contributed by atoms with Gasteiger partial charge in [-0.3, -0.25) is 9.78 Å². The molecule has 0 radical (unpaired) electrons. The predicted octanol–water partition coefficient (Wildman–Crippen LogP) is 3.97. The monoisotopic (exact) mass is 371 g/mol. The fourth-order valence-electron chi connectivity index (χ4n) is 3.02. The van der Waals surface area contributed by atoms with E-state index in [1.807, 2.05) is 36.4 Å². The minimum Gasteiger partial charge on any atom is -0.383 e. The Balaban J connectivity index is 1.79. The lowest BCUT2D eigenvalue weighted by Gasteiger charge is -2.06. The summed E-state index contributed by atoms with van der Waals surface area (Å²) in [4.78, 5) is 19.8. The van der Waals surface area contributed by atoms with Gasteiger partial charge in [-0.05, 0) is 48.7 Å². The molecule has 0 spiro atoms. The Morgan fingerprint density at radius 2 is 2.19 bits per heavy atom. The third-order valence-corrected chi connectivity index (χ3v) is 4.48. The number of methoxy groups -OCH3 is 1. The van der Waals surface area contributed by atoms with Crippen molar-refractivity contribution in [2.24, 2.45) is 0 Å². The first-order valence-electron chi connectivity index (χ1n) is 8.66. The lowest BCUT2D eigenvalue weighted by Crippen LogP contribution is -2.26. The molecule has 3 rings (SSSR count). The van der Waals surface area contributed by atoms with Crippen LogP contribution in [0.3, 0.4) is 0 Å². The number of aryl methyl sites for hydroxylation is 1. The Bertz CT molecular complexity index is 877. The minimum absolute atomic E-state index is 0.0410. The fraction of sp³-hybridized carbons (Fsp3) is 0.300. The summed E-state index contributed by atoms with van der Waals surface area (Å²) in [7, 11) is 1.62. The van der Waals surface area contributed by atoms with Gasteiger partial charge < -0.3 is 15.0 Å². The van der Waals surface area contributed by atoms with E-state index in [0.717, 1.165) is 40.7 Å². The number of fused-ring (bicyclic) bond motifs is 1. The van der Waals surface area contributed by atoms with Gasteiger partial charge in [0.2, 0.25) is 5.91 Å². The third-order valence-electron chi connectivity index (χ3n) is 4.25. The fourth-order valence-corrected chi connectivity index (χ4v) is 3.19. The lowest BCUT2D eigenvalue weighted by atomic mass is 10.0. The lowest BCUT2D eigenvalue weighted by molar-refractivity contribution is -0.121. The summed E-state index contributed by atoms with van der Waals surface area (Å²) in [6.07, 6.45) is 3.77. The molecular weight excluding hydrogens is 350 g/mol. The van der Waals surface area contributed by atoms with Gasteiger partial charge in [0.05, 0.1) is 18.0 Å². The van der Waals surface area contributed by atoms with Crippen molar-refractivity contribution < 1.29 is 9.53 Å². The first-order valence-corrected chi connectivity index (χ1v) is 9.04. The van der Waals surface area contributed by atoms with Crippen molar-refractivity contribution in [3.63, 3.8) is 0 Å². The van der Waals surface area contributed by atoms with E-state index in [0.29, 0.717) is 24.6 Å². The smallest absolute Gasteiger partial charge is 0.220 e. The predicted molar refractivity (Wildman–Crippen MR) is 104 cm³/mol. The first kappa shape index (κ1) is 18.4. The van der Waals surface area contributed by atoms with Crippen LogP contribution in [-0.4, -0.2) is 36.1 Å². The molecule has 136 valence electrons. The van der Waals surface area contributed by atoms with Crippen molar-refractivity contribution in [1.29, 1.82) is 0 Å². The van der Waals surface area contributed by atoms with Crippen LogP contribution in [0.4, 0.5) is 0 Å². The van der Waals surface area contributed by atoms with Crippen molar-refractivity contribution in [1.82, 2.24) is 15.3 Å². The van der Waals surface area contributed by atoms with Crippen LogP contribution in [-0.2, 0) is 16.0 Å². The third kappa shape index (κ3) is 4.42. The summed E-state index contributed by atoms with van der Waals surface area (Å²) < 4.78 is 4.94. The number of nitrogens with one attached hydrogen (secondary N) is 2. The number of aromatic nitrogens is 2. The number of amides is 1. The number of halogens is 1. The first-order chi connectivity index (χ1) is 12.7.